The molecule has 0 radical (unpaired) electrons. The van der Waals surface area contributed by atoms with Gasteiger partial charge >= 0.3 is 0 Å². The number of halogens is 2. The summed E-state index contributed by atoms with van der Waals surface area (Å²) in [5, 5.41) is 7.57. The molecule has 29 heavy (non-hydrogen) atoms. The molecule has 1 atom stereocenters. The second-order valence-corrected chi connectivity index (χ2v) is 7.87. The summed E-state index contributed by atoms with van der Waals surface area (Å²) in [5.74, 6) is 1.72. The van der Waals surface area contributed by atoms with E-state index in [-0.39, 0.29) is 5.02 Å². The number of anilines is 2. The third-order valence-electron chi connectivity index (χ3n) is 5.30. The molecule has 2 N–H and O–H groups in total. The molecule has 1 aromatic heterocycles. The van der Waals surface area contributed by atoms with Gasteiger partial charge in [-0.05, 0) is 75.0 Å². The van der Waals surface area contributed by atoms with Crippen LogP contribution < -0.4 is 15.4 Å². The highest BCUT2D eigenvalue weighted by molar-refractivity contribution is 6.31. The maximum atomic E-state index is 13.4. The third kappa shape index (κ3) is 4.77. The van der Waals surface area contributed by atoms with Gasteiger partial charge in [0.15, 0.2) is 0 Å². The van der Waals surface area contributed by atoms with Crippen molar-refractivity contribution in [2.24, 2.45) is 5.92 Å². The minimum absolute atomic E-state index is 0.0633. The number of benzene rings is 2. The highest BCUT2D eigenvalue weighted by atomic mass is 35.5. The Morgan fingerprint density at radius 2 is 2.17 bits per heavy atom. The van der Waals surface area contributed by atoms with Crippen LogP contribution in [0.15, 0.2) is 36.7 Å². The van der Waals surface area contributed by atoms with E-state index in [0.29, 0.717) is 24.0 Å². The molecule has 1 saturated heterocycles. The van der Waals surface area contributed by atoms with Crippen LogP contribution in [0.4, 0.5) is 15.9 Å². The Morgan fingerprint density at radius 1 is 1.28 bits per heavy atom. The van der Waals surface area contributed by atoms with Crippen molar-refractivity contribution in [3.8, 4) is 5.75 Å². The quantitative estimate of drug-likeness (QED) is 0.577. The van der Waals surface area contributed by atoms with E-state index in [0.717, 1.165) is 41.7 Å². The van der Waals surface area contributed by atoms with Gasteiger partial charge in [0.05, 0.1) is 17.1 Å². The monoisotopic (exact) mass is 414 g/mol. The summed E-state index contributed by atoms with van der Waals surface area (Å²) in [4.78, 5) is 8.73. The van der Waals surface area contributed by atoms with Crippen LogP contribution >= 0.6 is 11.6 Å². The number of ether oxygens (including phenoxy) is 1. The highest BCUT2D eigenvalue weighted by Gasteiger charge is 2.14. The number of nitrogens with one attached hydrogen (secondary N) is 2. The van der Waals surface area contributed by atoms with Crippen LogP contribution in [0.5, 0.6) is 5.75 Å². The standard InChI is InChI=1S/C22H24ClFN4O/c1-14-9-17-20(11-21(14)29-8-6-15-3-2-7-25-12-15)26-13-27-22(17)28-16-4-5-19(24)18(23)10-16/h4-5,9-11,13,15,25H,2-3,6-8,12H2,1H3,(H,26,27,28). The van der Waals surface area contributed by atoms with E-state index in [1.807, 2.05) is 19.1 Å². The largest absolute Gasteiger partial charge is 0.493 e. The Labute approximate surface area is 174 Å². The molecule has 0 amide bonds. The van der Waals surface area contributed by atoms with Crippen LogP contribution in [-0.4, -0.2) is 29.7 Å². The molecule has 3 aromatic rings. The summed E-state index contributed by atoms with van der Waals surface area (Å²) in [5.41, 5.74) is 2.47. The summed E-state index contributed by atoms with van der Waals surface area (Å²) in [6.45, 7) is 4.92. The first-order valence-electron chi connectivity index (χ1n) is 9.91. The molecule has 152 valence electrons. The summed E-state index contributed by atoms with van der Waals surface area (Å²) in [6.07, 6.45) is 5.06. The summed E-state index contributed by atoms with van der Waals surface area (Å²) in [7, 11) is 0. The predicted molar refractivity (Wildman–Crippen MR) is 115 cm³/mol. The number of rotatable bonds is 6. The van der Waals surface area contributed by atoms with Gasteiger partial charge in [0.2, 0.25) is 0 Å². The van der Waals surface area contributed by atoms with Gasteiger partial charge in [0, 0.05) is 17.1 Å². The minimum Gasteiger partial charge on any atom is -0.493 e. The smallest absolute Gasteiger partial charge is 0.141 e. The molecule has 1 fully saturated rings. The SMILES string of the molecule is Cc1cc2c(Nc3ccc(F)c(Cl)c3)ncnc2cc1OCCC1CCCNC1. The fraction of sp³-hybridized carbons (Fsp3) is 0.364. The fourth-order valence-electron chi connectivity index (χ4n) is 3.66. The Hall–Kier alpha value is -2.44. The molecule has 1 aliphatic rings. The van der Waals surface area contributed by atoms with Crippen molar-refractivity contribution in [1.29, 1.82) is 0 Å². The lowest BCUT2D eigenvalue weighted by atomic mass is 9.97. The lowest BCUT2D eigenvalue weighted by Gasteiger charge is -2.22. The Morgan fingerprint density at radius 3 is 2.97 bits per heavy atom. The van der Waals surface area contributed by atoms with Gasteiger partial charge in [-0.15, -0.1) is 0 Å². The van der Waals surface area contributed by atoms with Gasteiger partial charge < -0.3 is 15.4 Å². The molecule has 0 bridgehead atoms. The first-order chi connectivity index (χ1) is 14.1. The zero-order chi connectivity index (χ0) is 20.2. The van der Waals surface area contributed by atoms with Crippen molar-refractivity contribution in [3.63, 3.8) is 0 Å². The topological polar surface area (TPSA) is 59.1 Å². The second kappa shape index (κ2) is 8.93. The van der Waals surface area contributed by atoms with E-state index < -0.39 is 5.82 Å². The van der Waals surface area contributed by atoms with Crippen LogP contribution in [0.25, 0.3) is 10.9 Å². The highest BCUT2D eigenvalue weighted by Crippen LogP contribution is 2.30. The van der Waals surface area contributed by atoms with Crippen molar-refractivity contribution >= 4 is 34.0 Å². The van der Waals surface area contributed by atoms with E-state index in [1.165, 1.54) is 31.3 Å². The van der Waals surface area contributed by atoms with Gasteiger partial charge in [0.1, 0.15) is 23.7 Å². The average molecular weight is 415 g/mol. The van der Waals surface area contributed by atoms with Gasteiger partial charge in [-0.1, -0.05) is 11.6 Å². The second-order valence-electron chi connectivity index (χ2n) is 7.46. The number of hydrogen-bond donors (Lipinski definition) is 2. The first kappa shape index (κ1) is 19.9. The molecular formula is C22H24ClFN4O. The molecule has 0 saturated carbocycles. The number of fused-ring (bicyclic) bond motifs is 1. The summed E-state index contributed by atoms with van der Waals surface area (Å²) in [6, 6.07) is 8.45. The Balaban J connectivity index is 1.51. The molecule has 0 spiro atoms. The van der Waals surface area contributed by atoms with Gasteiger partial charge in [-0.2, -0.15) is 0 Å². The van der Waals surface area contributed by atoms with Crippen LogP contribution in [-0.2, 0) is 0 Å². The maximum Gasteiger partial charge on any atom is 0.141 e. The average Bonchev–Trinajstić information content (AvgIpc) is 2.72. The number of piperidine rings is 1. The zero-order valence-corrected chi connectivity index (χ0v) is 17.1. The number of nitrogens with zero attached hydrogens (tertiary/aromatic N) is 2. The van der Waals surface area contributed by atoms with Gasteiger partial charge in [-0.25, -0.2) is 14.4 Å². The summed E-state index contributed by atoms with van der Waals surface area (Å²) >= 11 is 5.88. The molecule has 0 aliphatic carbocycles. The van der Waals surface area contributed by atoms with Crippen LogP contribution in [0.1, 0.15) is 24.8 Å². The number of aromatic nitrogens is 2. The van der Waals surface area contributed by atoms with Crippen LogP contribution in [0.2, 0.25) is 5.02 Å². The predicted octanol–water partition coefficient (Wildman–Crippen LogP) is 5.24. The van der Waals surface area contributed by atoms with Crippen LogP contribution in [0, 0.1) is 18.7 Å². The van der Waals surface area contributed by atoms with Crippen molar-refractivity contribution in [1.82, 2.24) is 15.3 Å². The van der Waals surface area contributed by atoms with Crippen molar-refractivity contribution < 1.29 is 9.13 Å². The Bertz CT molecular complexity index is 1010. The lowest BCUT2D eigenvalue weighted by molar-refractivity contribution is 0.253. The van der Waals surface area contributed by atoms with Crippen molar-refractivity contribution in [2.75, 3.05) is 25.0 Å². The fourth-order valence-corrected chi connectivity index (χ4v) is 3.84. The summed E-state index contributed by atoms with van der Waals surface area (Å²) < 4.78 is 19.5. The van der Waals surface area contributed by atoms with Crippen molar-refractivity contribution in [2.45, 2.75) is 26.2 Å². The normalized spacial score (nSPS) is 16.7. The molecule has 7 heteroatoms. The third-order valence-corrected chi connectivity index (χ3v) is 5.59. The lowest BCUT2D eigenvalue weighted by Crippen LogP contribution is -2.30. The van der Waals surface area contributed by atoms with Crippen molar-refractivity contribution in [3.05, 3.63) is 53.1 Å². The van der Waals surface area contributed by atoms with E-state index in [9.17, 15) is 4.39 Å². The van der Waals surface area contributed by atoms with E-state index in [1.54, 1.807) is 6.07 Å². The van der Waals surface area contributed by atoms with E-state index in [2.05, 4.69) is 20.6 Å². The number of hydrogen-bond acceptors (Lipinski definition) is 5. The first-order valence-corrected chi connectivity index (χ1v) is 10.3. The minimum atomic E-state index is -0.452. The number of aryl methyl sites for hydroxylation is 1. The molecular weight excluding hydrogens is 391 g/mol. The van der Waals surface area contributed by atoms with Gasteiger partial charge in [0.25, 0.3) is 0 Å². The Kier molecular flexibility index (Phi) is 6.11. The molecule has 1 aliphatic heterocycles. The molecule has 5 nitrogen and oxygen atoms in total. The zero-order valence-electron chi connectivity index (χ0n) is 16.3. The molecule has 2 heterocycles. The van der Waals surface area contributed by atoms with E-state index in [4.69, 9.17) is 16.3 Å². The molecule has 2 aromatic carbocycles. The maximum absolute atomic E-state index is 13.4. The van der Waals surface area contributed by atoms with Crippen LogP contribution in [0.3, 0.4) is 0 Å². The van der Waals surface area contributed by atoms with Gasteiger partial charge in [-0.3, -0.25) is 0 Å². The molecule has 4 rings (SSSR count). The molecule has 1 unspecified atom stereocenters. The van der Waals surface area contributed by atoms with E-state index >= 15 is 0 Å².